The van der Waals surface area contributed by atoms with Gasteiger partial charge in [0.15, 0.2) is 0 Å². The van der Waals surface area contributed by atoms with Crippen LogP contribution in [0.5, 0.6) is 0 Å². The topological polar surface area (TPSA) is 55.0 Å². The van der Waals surface area contributed by atoms with Crippen LogP contribution in [-0.4, -0.2) is 27.5 Å². The van der Waals surface area contributed by atoms with Gasteiger partial charge < -0.3 is 10.6 Å². The van der Waals surface area contributed by atoms with E-state index >= 15 is 0 Å². The first-order valence-electron chi connectivity index (χ1n) is 6.51. The Balaban J connectivity index is 1.88. The second-order valence-electron chi connectivity index (χ2n) is 4.86. The van der Waals surface area contributed by atoms with Crippen molar-refractivity contribution in [3.63, 3.8) is 0 Å². The molecule has 1 fully saturated rings. The molecular formula is C14H16N4S. The molecule has 0 bridgehead atoms. The summed E-state index contributed by atoms with van der Waals surface area (Å²) in [5.41, 5.74) is 7.46. The molecule has 0 saturated heterocycles. The Kier molecular flexibility index (Phi) is 3.29. The Labute approximate surface area is 117 Å². The molecule has 0 atom stereocenters. The predicted molar refractivity (Wildman–Crippen MR) is 81.3 cm³/mol. The minimum Gasteiger partial charge on any atom is -0.393 e. The first-order valence-corrected chi connectivity index (χ1v) is 6.91. The lowest BCUT2D eigenvalue weighted by Gasteiger charge is -2.23. The molecule has 4 nitrogen and oxygen atoms in total. The van der Waals surface area contributed by atoms with E-state index in [0.717, 1.165) is 29.8 Å². The molecule has 0 amide bonds. The van der Waals surface area contributed by atoms with E-state index in [1.165, 1.54) is 12.8 Å². The molecule has 1 saturated carbocycles. The van der Waals surface area contributed by atoms with Crippen LogP contribution in [0.25, 0.3) is 11.0 Å². The van der Waals surface area contributed by atoms with Crippen LogP contribution in [0.4, 0.5) is 5.82 Å². The molecule has 1 aliphatic carbocycles. The van der Waals surface area contributed by atoms with E-state index in [0.29, 0.717) is 11.0 Å². The smallest absolute Gasteiger partial charge is 0.148 e. The third-order valence-electron chi connectivity index (χ3n) is 3.32. The van der Waals surface area contributed by atoms with Gasteiger partial charge in [0.2, 0.25) is 0 Å². The molecule has 5 heteroatoms. The van der Waals surface area contributed by atoms with Gasteiger partial charge in [-0.05, 0) is 25.0 Å². The van der Waals surface area contributed by atoms with Crippen molar-refractivity contribution in [3.8, 4) is 0 Å². The van der Waals surface area contributed by atoms with Crippen LogP contribution in [0.2, 0.25) is 0 Å². The lowest BCUT2D eigenvalue weighted by atomic mass is 10.3. The Morgan fingerprint density at radius 2 is 2.05 bits per heavy atom. The highest BCUT2D eigenvalue weighted by Crippen LogP contribution is 2.31. The van der Waals surface area contributed by atoms with Crippen molar-refractivity contribution in [2.75, 3.05) is 11.4 Å². The Morgan fingerprint density at radius 1 is 1.32 bits per heavy atom. The zero-order valence-corrected chi connectivity index (χ0v) is 11.4. The van der Waals surface area contributed by atoms with Gasteiger partial charge >= 0.3 is 0 Å². The van der Waals surface area contributed by atoms with Gasteiger partial charge in [-0.2, -0.15) is 0 Å². The number of benzene rings is 1. The molecule has 1 heterocycles. The number of nitrogens with zero attached hydrogens (tertiary/aromatic N) is 3. The minimum absolute atomic E-state index is 0.555. The van der Waals surface area contributed by atoms with Gasteiger partial charge in [-0.25, -0.2) is 4.98 Å². The zero-order valence-electron chi connectivity index (χ0n) is 10.6. The van der Waals surface area contributed by atoms with Crippen molar-refractivity contribution in [1.29, 1.82) is 0 Å². The van der Waals surface area contributed by atoms with Gasteiger partial charge in [-0.15, -0.1) is 0 Å². The second-order valence-corrected chi connectivity index (χ2v) is 5.38. The molecule has 19 heavy (non-hydrogen) atoms. The van der Waals surface area contributed by atoms with Crippen LogP contribution >= 0.6 is 12.2 Å². The lowest BCUT2D eigenvalue weighted by Crippen LogP contribution is -2.30. The molecule has 0 unspecified atom stereocenters. The average Bonchev–Trinajstić information content (AvgIpc) is 3.23. The third-order valence-corrected chi connectivity index (χ3v) is 3.52. The molecule has 98 valence electrons. The van der Waals surface area contributed by atoms with E-state index in [2.05, 4.69) is 9.88 Å². The number of nitrogens with two attached hydrogens (primary N) is 1. The molecular weight excluding hydrogens is 256 g/mol. The normalized spacial score (nSPS) is 14.5. The van der Waals surface area contributed by atoms with E-state index in [4.69, 9.17) is 22.9 Å². The SMILES string of the molecule is NC(=S)CCN(c1cnc2ccccc2n1)C1CC1. The van der Waals surface area contributed by atoms with Crippen molar-refractivity contribution in [2.45, 2.75) is 25.3 Å². The maximum Gasteiger partial charge on any atom is 0.148 e. The Morgan fingerprint density at radius 3 is 2.74 bits per heavy atom. The molecule has 2 N–H and O–H groups in total. The summed E-state index contributed by atoms with van der Waals surface area (Å²) >= 11 is 4.96. The first-order chi connectivity index (χ1) is 9.24. The largest absolute Gasteiger partial charge is 0.393 e. The first kappa shape index (κ1) is 12.3. The predicted octanol–water partition coefficient (Wildman–Crippen LogP) is 2.27. The zero-order chi connectivity index (χ0) is 13.2. The van der Waals surface area contributed by atoms with Gasteiger partial charge in [0.05, 0.1) is 22.2 Å². The number of hydrogen-bond acceptors (Lipinski definition) is 4. The highest BCUT2D eigenvalue weighted by molar-refractivity contribution is 7.80. The van der Waals surface area contributed by atoms with Crippen LogP contribution in [-0.2, 0) is 0 Å². The highest BCUT2D eigenvalue weighted by atomic mass is 32.1. The summed E-state index contributed by atoms with van der Waals surface area (Å²) in [6.07, 6.45) is 5.00. The fraction of sp³-hybridized carbons (Fsp3) is 0.357. The third kappa shape index (κ3) is 2.81. The highest BCUT2D eigenvalue weighted by Gasteiger charge is 2.30. The molecule has 1 aromatic carbocycles. The summed E-state index contributed by atoms with van der Waals surface area (Å²) < 4.78 is 0. The van der Waals surface area contributed by atoms with Gasteiger partial charge in [-0.1, -0.05) is 24.4 Å². The number of anilines is 1. The Hall–Kier alpha value is -1.75. The summed E-state index contributed by atoms with van der Waals surface area (Å²) in [6.45, 7) is 0.826. The number of thiocarbonyl (C=S) groups is 1. The number of hydrogen-bond donors (Lipinski definition) is 1. The molecule has 2 aromatic rings. The van der Waals surface area contributed by atoms with Crippen molar-refractivity contribution in [3.05, 3.63) is 30.5 Å². The van der Waals surface area contributed by atoms with Crippen LogP contribution in [0.15, 0.2) is 30.5 Å². The monoisotopic (exact) mass is 272 g/mol. The van der Waals surface area contributed by atoms with Gasteiger partial charge in [0.25, 0.3) is 0 Å². The van der Waals surface area contributed by atoms with Gasteiger partial charge in [0.1, 0.15) is 5.82 Å². The van der Waals surface area contributed by atoms with E-state index < -0.39 is 0 Å². The summed E-state index contributed by atoms with van der Waals surface area (Å²) in [5, 5.41) is 0. The maximum atomic E-state index is 5.60. The van der Waals surface area contributed by atoms with Gasteiger partial charge in [0, 0.05) is 19.0 Å². The van der Waals surface area contributed by atoms with Crippen LogP contribution in [0.1, 0.15) is 19.3 Å². The number of rotatable bonds is 5. The fourth-order valence-corrected chi connectivity index (χ4v) is 2.28. The van der Waals surface area contributed by atoms with E-state index in [9.17, 15) is 0 Å². The van der Waals surface area contributed by atoms with Crippen molar-refractivity contribution in [1.82, 2.24) is 9.97 Å². The summed E-state index contributed by atoms with van der Waals surface area (Å²) in [7, 11) is 0. The van der Waals surface area contributed by atoms with Crippen LogP contribution in [0, 0.1) is 0 Å². The maximum absolute atomic E-state index is 5.60. The molecule has 0 radical (unpaired) electrons. The van der Waals surface area contributed by atoms with E-state index in [1.807, 2.05) is 30.5 Å². The van der Waals surface area contributed by atoms with E-state index in [-0.39, 0.29) is 0 Å². The molecule has 3 rings (SSSR count). The fourth-order valence-electron chi connectivity index (χ4n) is 2.19. The minimum atomic E-state index is 0.555. The standard InChI is InChI=1S/C14H16N4S/c15-13(19)7-8-18(10-5-6-10)14-9-16-11-3-1-2-4-12(11)17-14/h1-4,9-10H,5-8H2,(H2,15,19). The van der Waals surface area contributed by atoms with Gasteiger partial charge in [-0.3, -0.25) is 4.98 Å². The summed E-state index contributed by atoms with van der Waals surface area (Å²) in [6, 6.07) is 8.50. The molecule has 0 aliphatic heterocycles. The van der Waals surface area contributed by atoms with Crippen molar-refractivity contribution in [2.24, 2.45) is 5.73 Å². The van der Waals surface area contributed by atoms with Crippen LogP contribution < -0.4 is 10.6 Å². The summed E-state index contributed by atoms with van der Waals surface area (Å²) in [4.78, 5) is 12.0. The lowest BCUT2D eigenvalue weighted by molar-refractivity contribution is 0.785. The number of aromatic nitrogens is 2. The Bertz CT molecular complexity index is 609. The van der Waals surface area contributed by atoms with Crippen molar-refractivity contribution >= 4 is 34.1 Å². The second kappa shape index (κ2) is 5.09. The molecule has 1 aliphatic rings. The summed E-state index contributed by atoms with van der Waals surface area (Å²) in [5.74, 6) is 0.928. The van der Waals surface area contributed by atoms with Crippen LogP contribution in [0.3, 0.4) is 0 Å². The number of fused-ring (bicyclic) bond motifs is 1. The van der Waals surface area contributed by atoms with Crippen molar-refractivity contribution < 1.29 is 0 Å². The molecule has 1 aromatic heterocycles. The molecule has 0 spiro atoms. The average molecular weight is 272 g/mol. The quantitative estimate of drug-likeness (QED) is 0.846. The van der Waals surface area contributed by atoms with E-state index in [1.54, 1.807) is 0 Å². The number of para-hydroxylation sites is 2.